The Morgan fingerprint density at radius 3 is 2.42 bits per heavy atom. The first-order valence-electron chi connectivity index (χ1n) is 5.53. The quantitative estimate of drug-likeness (QED) is 0.844. The molecule has 1 unspecified atom stereocenters. The number of hydrogen-bond acceptors (Lipinski definition) is 3. The predicted octanol–water partition coefficient (Wildman–Crippen LogP) is 1.41. The number of rotatable bonds is 3. The molecular weight excluding hydrogens is 260 g/mol. The van der Waals surface area contributed by atoms with Crippen LogP contribution in [0.1, 0.15) is 6.42 Å². The number of ether oxygens (including phenoxy) is 1. The van der Waals surface area contributed by atoms with Crippen LogP contribution in [0.2, 0.25) is 0 Å². The molecule has 1 atom stereocenters. The number of carboxylic acids is 1. The topological polar surface area (TPSA) is 66.8 Å². The number of benzene rings is 1. The van der Waals surface area contributed by atoms with Crippen LogP contribution in [-0.2, 0) is 9.59 Å². The molecule has 1 heterocycles. The van der Waals surface area contributed by atoms with Crippen LogP contribution in [0.4, 0.5) is 14.5 Å². The first kappa shape index (κ1) is 13.3. The van der Waals surface area contributed by atoms with E-state index < -0.39 is 35.1 Å². The molecule has 1 aliphatic rings. The van der Waals surface area contributed by atoms with Crippen molar-refractivity contribution in [2.24, 2.45) is 5.92 Å². The summed E-state index contributed by atoms with van der Waals surface area (Å²) in [6, 6.07) is 1.89. The Morgan fingerprint density at radius 2 is 2.00 bits per heavy atom. The minimum Gasteiger partial charge on any atom is -0.497 e. The molecule has 0 radical (unpaired) electrons. The number of hydrogen-bond donors (Lipinski definition) is 1. The van der Waals surface area contributed by atoms with Gasteiger partial charge in [-0.15, -0.1) is 0 Å². The van der Waals surface area contributed by atoms with Gasteiger partial charge >= 0.3 is 5.97 Å². The van der Waals surface area contributed by atoms with Crippen LogP contribution in [0.5, 0.6) is 5.75 Å². The number of halogens is 2. The molecule has 0 saturated carbocycles. The summed E-state index contributed by atoms with van der Waals surface area (Å²) in [5.74, 6) is -5.29. The maximum absolute atomic E-state index is 13.8. The highest BCUT2D eigenvalue weighted by Gasteiger charge is 2.39. The van der Waals surface area contributed by atoms with Gasteiger partial charge in [-0.3, -0.25) is 9.59 Å². The molecule has 0 spiro atoms. The number of carboxylic acid groups (broad SMARTS) is 1. The summed E-state index contributed by atoms with van der Waals surface area (Å²) in [6.07, 6.45) is 0.0269. The van der Waals surface area contributed by atoms with Crippen LogP contribution >= 0.6 is 0 Å². The van der Waals surface area contributed by atoms with Crippen molar-refractivity contribution in [3.05, 3.63) is 23.8 Å². The Hall–Kier alpha value is -2.18. The minimum atomic E-state index is -1.29. The third-order valence-corrected chi connectivity index (χ3v) is 3.00. The molecule has 1 N–H and O–H groups in total. The summed E-state index contributed by atoms with van der Waals surface area (Å²) in [5, 5.41) is 8.81. The number of methoxy groups -OCH3 is 1. The van der Waals surface area contributed by atoms with E-state index in [1.165, 1.54) is 7.11 Å². The number of amides is 1. The third-order valence-electron chi connectivity index (χ3n) is 3.00. The van der Waals surface area contributed by atoms with Crippen LogP contribution in [0.3, 0.4) is 0 Å². The molecule has 1 aromatic carbocycles. The largest absolute Gasteiger partial charge is 0.497 e. The van der Waals surface area contributed by atoms with Crippen molar-refractivity contribution in [3.63, 3.8) is 0 Å². The summed E-state index contributed by atoms with van der Waals surface area (Å²) in [5.41, 5.74) is -0.533. The fourth-order valence-corrected chi connectivity index (χ4v) is 2.05. The van der Waals surface area contributed by atoms with E-state index >= 15 is 0 Å². The van der Waals surface area contributed by atoms with E-state index in [0.717, 1.165) is 17.0 Å². The Balaban J connectivity index is 2.39. The van der Waals surface area contributed by atoms with Crippen molar-refractivity contribution in [1.29, 1.82) is 0 Å². The standard InChI is InChI=1S/C12H11F2NO4/c1-19-6-4-8(13)10(9(14)5-6)15-3-2-7(11(15)16)12(17)18/h4-5,7H,2-3H2,1H3,(H,17,18). The molecule has 5 nitrogen and oxygen atoms in total. The Bertz CT molecular complexity index is 524. The van der Waals surface area contributed by atoms with Crippen molar-refractivity contribution < 1.29 is 28.2 Å². The van der Waals surface area contributed by atoms with Crippen LogP contribution in [-0.4, -0.2) is 30.6 Å². The lowest BCUT2D eigenvalue weighted by Gasteiger charge is -2.18. The van der Waals surface area contributed by atoms with Crippen LogP contribution in [0, 0.1) is 17.6 Å². The zero-order chi connectivity index (χ0) is 14.2. The fourth-order valence-electron chi connectivity index (χ4n) is 2.05. The number of anilines is 1. The second-order valence-corrected chi connectivity index (χ2v) is 4.11. The number of carbonyl (C=O) groups is 2. The maximum Gasteiger partial charge on any atom is 0.316 e. The van der Waals surface area contributed by atoms with Crippen molar-refractivity contribution in [3.8, 4) is 5.75 Å². The number of nitrogens with zero attached hydrogens (tertiary/aromatic N) is 1. The van der Waals surface area contributed by atoms with E-state index in [-0.39, 0.29) is 18.7 Å². The summed E-state index contributed by atoms with van der Waals surface area (Å²) in [4.78, 5) is 23.4. The maximum atomic E-state index is 13.8. The van der Waals surface area contributed by atoms with Gasteiger partial charge in [-0.2, -0.15) is 0 Å². The van der Waals surface area contributed by atoms with E-state index in [1.54, 1.807) is 0 Å². The van der Waals surface area contributed by atoms with Crippen molar-refractivity contribution in [1.82, 2.24) is 0 Å². The van der Waals surface area contributed by atoms with E-state index in [0.29, 0.717) is 0 Å². The molecule has 7 heteroatoms. The molecular formula is C12H11F2NO4. The SMILES string of the molecule is COc1cc(F)c(N2CCC(C(=O)O)C2=O)c(F)c1. The fraction of sp³-hybridized carbons (Fsp3) is 0.333. The molecule has 19 heavy (non-hydrogen) atoms. The zero-order valence-corrected chi connectivity index (χ0v) is 10.0. The minimum absolute atomic E-state index is 0.0137. The third kappa shape index (κ3) is 2.23. The second-order valence-electron chi connectivity index (χ2n) is 4.11. The summed E-state index contributed by atoms with van der Waals surface area (Å²) in [7, 11) is 1.26. The normalized spacial score (nSPS) is 18.8. The summed E-state index contributed by atoms with van der Waals surface area (Å²) in [6.45, 7) is -0.0318. The van der Waals surface area contributed by atoms with Gasteiger partial charge in [0.1, 0.15) is 17.4 Å². The highest BCUT2D eigenvalue weighted by Crippen LogP contribution is 2.32. The smallest absolute Gasteiger partial charge is 0.316 e. The van der Waals surface area contributed by atoms with E-state index in [9.17, 15) is 18.4 Å². The molecule has 1 aliphatic heterocycles. The van der Waals surface area contributed by atoms with Crippen LogP contribution < -0.4 is 9.64 Å². The Labute approximate surface area is 107 Å². The zero-order valence-electron chi connectivity index (χ0n) is 10.0. The Morgan fingerprint density at radius 1 is 1.42 bits per heavy atom. The predicted molar refractivity (Wildman–Crippen MR) is 61.0 cm³/mol. The van der Waals surface area contributed by atoms with Gasteiger partial charge in [0.05, 0.1) is 7.11 Å². The van der Waals surface area contributed by atoms with Gasteiger partial charge in [0.25, 0.3) is 0 Å². The van der Waals surface area contributed by atoms with Gasteiger partial charge in [-0.05, 0) is 6.42 Å². The molecule has 0 aliphatic carbocycles. The van der Waals surface area contributed by atoms with Gasteiger partial charge in [0.15, 0.2) is 11.6 Å². The van der Waals surface area contributed by atoms with Crippen molar-refractivity contribution >= 4 is 17.6 Å². The van der Waals surface area contributed by atoms with Gasteiger partial charge < -0.3 is 14.7 Å². The van der Waals surface area contributed by atoms with Crippen molar-refractivity contribution in [2.75, 3.05) is 18.6 Å². The molecule has 0 bridgehead atoms. The molecule has 2 rings (SSSR count). The molecule has 0 aromatic heterocycles. The summed E-state index contributed by atoms with van der Waals surface area (Å²) < 4.78 is 32.3. The van der Waals surface area contributed by atoms with E-state index in [4.69, 9.17) is 9.84 Å². The average Bonchev–Trinajstić information content (AvgIpc) is 2.70. The average molecular weight is 271 g/mol. The van der Waals surface area contributed by atoms with Gasteiger partial charge in [0.2, 0.25) is 5.91 Å². The highest BCUT2D eigenvalue weighted by atomic mass is 19.1. The van der Waals surface area contributed by atoms with Crippen LogP contribution in [0.25, 0.3) is 0 Å². The summed E-state index contributed by atoms with van der Waals surface area (Å²) >= 11 is 0. The molecule has 1 amide bonds. The second kappa shape index (κ2) is 4.83. The van der Waals surface area contributed by atoms with Crippen LogP contribution in [0.15, 0.2) is 12.1 Å². The lowest BCUT2D eigenvalue weighted by atomic mass is 10.1. The van der Waals surface area contributed by atoms with E-state index in [1.807, 2.05) is 0 Å². The van der Waals surface area contributed by atoms with Gasteiger partial charge in [0, 0.05) is 18.7 Å². The monoisotopic (exact) mass is 271 g/mol. The Kier molecular flexibility index (Phi) is 3.37. The molecule has 1 saturated heterocycles. The lowest BCUT2D eigenvalue weighted by molar-refractivity contribution is -0.144. The number of carbonyl (C=O) groups excluding carboxylic acids is 1. The first-order chi connectivity index (χ1) is 8.95. The highest BCUT2D eigenvalue weighted by molar-refractivity contribution is 6.07. The molecule has 1 fully saturated rings. The first-order valence-corrected chi connectivity index (χ1v) is 5.53. The lowest BCUT2D eigenvalue weighted by Crippen LogP contribution is -2.31. The molecule has 102 valence electrons. The molecule has 1 aromatic rings. The number of aliphatic carboxylic acids is 1. The van der Waals surface area contributed by atoms with Gasteiger partial charge in [-0.1, -0.05) is 0 Å². The van der Waals surface area contributed by atoms with E-state index in [2.05, 4.69) is 0 Å². The van der Waals surface area contributed by atoms with Gasteiger partial charge in [-0.25, -0.2) is 8.78 Å². The van der Waals surface area contributed by atoms with Crippen molar-refractivity contribution in [2.45, 2.75) is 6.42 Å².